The van der Waals surface area contributed by atoms with Gasteiger partial charge in [-0.05, 0) is 31.7 Å². The highest BCUT2D eigenvalue weighted by Crippen LogP contribution is 2.52. The summed E-state index contributed by atoms with van der Waals surface area (Å²) in [5.74, 6) is 1.60. The summed E-state index contributed by atoms with van der Waals surface area (Å²) in [6, 6.07) is 1.95. The lowest BCUT2D eigenvalue weighted by Crippen LogP contribution is -2.33. The summed E-state index contributed by atoms with van der Waals surface area (Å²) in [6.45, 7) is 3.42. The van der Waals surface area contributed by atoms with E-state index in [1.807, 2.05) is 6.07 Å². The van der Waals surface area contributed by atoms with Crippen molar-refractivity contribution in [3.8, 4) is 11.5 Å². The molecule has 0 N–H and O–H groups in total. The number of ether oxygens (including phenoxy) is 2. The van der Waals surface area contributed by atoms with Gasteiger partial charge in [0.15, 0.2) is 11.5 Å². The molecule has 0 amide bonds. The van der Waals surface area contributed by atoms with E-state index in [-0.39, 0.29) is 0 Å². The first-order chi connectivity index (χ1) is 10.2. The van der Waals surface area contributed by atoms with Crippen molar-refractivity contribution < 1.29 is 14.3 Å². The quantitative estimate of drug-likeness (QED) is 0.613. The summed E-state index contributed by atoms with van der Waals surface area (Å²) in [6.07, 6.45) is 6.30. The molecule has 5 heteroatoms. The number of hydrogen-bond acceptors (Lipinski definition) is 4. The number of nitrogens with zero attached hydrogens (tertiary/aromatic N) is 1. The van der Waals surface area contributed by atoms with Crippen LogP contribution in [0.15, 0.2) is 15.5 Å². The van der Waals surface area contributed by atoms with Crippen molar-refractivity contribution in [2.75, 3.05) is 13.2 Å². The van der Waals surface area contributed by atoms with Crippen LogP contribution in [0.3, 0.4) is 0 Å². The van der Waals surface area contributed by atoms with Crippen molar-refractivity contribution in [2.24, 2.45) is 4.99 Å². The molecule has 0 saturated heterocycles. The number of rotatable bonds is 3. The third-order valence-corrected chi connectivity index (χ3v) is 4.97. The molecule has 1 fully saturated rings. The highest BCUT2D eigenvalue weighted by Gasteiger charge is 2.43. The van der Waals surface area contributed by atoms with Gasteiger partial charge in [0.1, 0.15) is 0 Å². The first-order valence-corrected chi connectivity index (χ1v) is 8.21. The molecule has 21 heavy (non-hydrogen) atoms. The molecular weight excluding hydrogens is 334 g/mol. The van der Waals surface area contributed by atoms with E-state index >= 15 is 0 Å². The maximum Gasteiger partial charge on any atom is 0.235 e. The molecule has 0 unspecified atom stereocenters. The van der Waals surface area contributed by atoms with E-state index in [1.54, 1.807) is 6.08 Å². The normalized spacial score (nSPS) is 19.1. The fourth-order valence-electron chi connectivity index (χ4n) is 3.20. The van der Waals surface area contributed by atoms with Crippen molar-refractivity contribution in [2.45, 2.75) is 44.6 Å². The Morgan fingerprint density at radius 1 is 1.33 bits per heavy atom. The van der Waals surface area contributed by atoms with Gasteiger partial charge in [0, 0.05) is 22.0 Å². The van der Waals surface area contributed by atoms with Crippen molar-refractivity contribution in [1.82, 2.24) is 0 Å². The number of carbonyl (C=O) groups excluding carboxylic acids is 1. The smallest absolute Gasteiger partial charge is 0.235 e. The van der Waals surface area contributed by atoms with Crippen LogP contribution in [-0.2, 0) is 16.8 Å². The van der Waals surface area contributed by atoms with Gasteiger partial charge in [-0.1, -0.05) is 22.9 Å². The average Bonchev–Trinajstić information content (AvgIpc) is 2.67. The minimum absolute atomic E-state index is 0.434. The Morgan fingerprint density at radius 3 is 2.71 bits per heavy atom. The van der Waals surface area contributed by atoms with Crippen LogP contribution in [0.5, 0.6) is 11.5 Å². The maximum atomic E-state index is 10.9. The standard InChI is InChI=1S/C16H18BrNO3/c1-2-11-14(16(18-10-19)5-3-6-16)12(17)9-13-15(11)21-8-4-7-20-13/h9H,2-8H2,1H3. The predicted molar refractivity (Wildman–Crippen MR) is 82.8 cm³/mol. The van der Waals surface area contributed by atoms with E-state index in [0.29, 0.717) is 13.2 Å². The van der Waals surface area contributed by atoms with Gasteiger partial charge in [0.05, 0.1) is 18.8 Å². The molecule has 1 aliphatic carbocycles. The molecule has 0 radical (unpaired) electrons. The molecule has 1 saturated carbocycles. The second-order valence-corrected chi connectivity index (χ2v) is 6.39. The van der Waals surface area contributed by atoms with Crippen LogP contribution < -0.4 is 9.47 Å². The van der Waals surface area contributed by atoms with E-state index in [1.165, 1.54) is 0 Å². The summed E-state index contributed by atoms with van der Waals surface area (Å²) >= 11 is 3.65. The molecule has 0 aromatic heterocycles. The lowest BCUT2D eigenvalue weighted by atomic mass is 9.70. The van der Waals surface area contributed by atoms with Crippen molar-refractivity contribution in [1.29, 1.82) is 0 Å². The van der Waals surface area contributed by atoms with E-state index in [0.717, 1.165) is 59.2 Å². The van der Waals surface area contributed by atoms with Crippen LogP contribution in [0.1, 0.15) is 43.7 Å². The molecule has 1 aliphatic heterocycles. The number of hydrogen-bond donors (Lipinski definition) is 0. The highest BCUT2D eigenvalue weighted by molar-refractivity contribution is 9.10. The monoisotopic (exact) mass is 351 g/mol. The van der Waals surface area contributed by atoms with Gasteiger partial charge in [0.2, 0.25) is 6.08 Å². The van der Waals surface area contributed by atoms with Gasteiger partial charge < -0.3 is 9.47 Å². The van der Waals surface area contributed by atoms with Gasteiger partial charge in [-0.15, -0.1) is 0 Å². The third-order valence-electron chi connectivity index (χ3n) is 4.35. The fourth-order valence-corrected chi connectivity index (χ4v) is 4.01. The van der Waals surface area contributed by atoms with Crippen LogP contribution in [0.25, 0.3) is 0 Å². The predicted octanol–water partition coefficient (Wildman–Crippen LogP) is 3.89. The number of halogens is 1. The number of aliphatic imine (C=N–C) groups is 1. The van der Waals surface area contributed by atoms with Gasteiger partial charge >= 0.3 is 0 Å². The highest BCUT2D eigenvalue weighted by atomic mass is 79.9. The number of fused-ring (bicyclic) bond motifs is 1. The summed E-state index contributed by atoms with van der Waals surface area (Å²) in [5, 5.41) is 0. The summed E-state index contributed by atoms with van der Waals surface area (Å²) in [7, 11) is 0. The second kappa shape index (κ2) is 5.82. The van der Waals surface area contributed by atoms with Gasteiger partial charge in [-0.2, -0.15) is 4.99 Å². The topological polar surface area (TPSA) is 47.9 Å². The summed E-state index contributed by atoms with van der Waals surface area (Å²) in [5.41, 5.74) is 1.74. The van der Waals surface area contributed by atoms with E-state index < -0.39 is 5.54 Å². The van der Waals surface area contributed by atoms with Gasteiger partial charge in [0.25, 0.3) is 0 Å². The number of isocyanates is 1. The SMILES string of the molecule is CCc1c2c(cc(Br)c1C1(N=C=O)CCC1)OCCCO2. The first kappa shape index (κ1) is 14.6. The minimum Gasteiger partial charge on any atom is -0.490 e. The lowest BCUT2D eigenvalue weighted by molar-refractivity contribution is 0.250. The maximum absolute atomic E-state index is 10.9. The Hall–Kier alpha value is -1.32. The largest absolute Gasteiger partial charge is 0.490 e. The Morgan fingerprint density at radius 2 is 2.10 bits per heavy atom. The average molecular weight is 352 g/mol. The van der Waals surface area contributed by atoms with Gasteiger partial charge in [-0.3, -0.25) is 0 Å². The van der Waals surface area contributed by atoms with E-state index in [9.17, 15) is 4.79 Å². The Bertz CT molecular complexity index is 604. The Balaban J connectivity index is 2.20. The summed E-state index contributed by atoms with van der Waals surface area (Å²) < 4.78 is 12.7. The fraction of sp³-hybridized carbons (Fsp3) is 0.562. The Kier molecular flexibility index (Phi) is 4.05. The zero-order valence-corrected chi connectivity index (χ0v) is 13.7. The molecule has 1 heterocycles. The summed E-state index contributed by atoms with van der Waals surface area (Å²) in [4.78, 5) is 15.0. The van der Waals surface area contributed by atoms with Crippen molar-refractivity contribution in [3.05, 3.63) is 21.7 Å². The molecule has 1 aromatic rings. The van der Waals surface area contributed by atoms with Crippen molar-refractivity contribution >= 4 is 22.0 Å². The van der Waals surface area contributed by atoms with E-state index in [2.05, 4.69) is 27.8 Å². The first-order valence-electron chi connectivity index (χ1n) is 7.42. The van der Waals surface area contributed by atoms with Crippen LogP contribution in [0.4, 0.5) is 0 Å². The Labute approximate surface area is 132 Å². The molecule has 4 nitrogen and oxygen atoms in total. The van der Waals surface area contributed by atoms with E-state index in [4.69, 9.17) is 9.47 Å². The molecule has 1 aromatic carbocycles. The molecule has 2 aliphatic rings. The second-order valence-electron chi connectivity index (χ2n) is 5.53. The van der Waals surface area contributed by atoms with Gasteiger partial charge in [-0.25, -0.2) is 4.79 Å². The van der Waals surface area contributed by atoms with Crippen LogP contribution in [0.2, 0.25) is 0 Å². The van der Waals surface area contributed by atoms with Crippen molar-refractivity contribution in [3.63, 3.8) is 0 Å². The minimum atomic E-state index is -0.434. The molecule has 0 atom stereocenters. The molecule has 0 spiro atoms. The molecule has 3 rings (SSSR count). The lowest BCUT2D eigenvalue weighted by Gasteiger charge is -2.39. The third kappa shape index (κ3) is 2.39. The molecule has 112 valence electrons. The zero-order valence-electron chi connectivity index (χ0n) is 12.1. The zero-order chi connectivity index (χ0) is 14.9. The molecular formula is C16H18BrNO3. The van der Waals surface area contributed by atoms with Crippen LogP contribution in [-0.4, -0.2) is 19.3 Å². The molecule has 0 bridgehead atoms. The number of benzene rings is 1. The van der Waals surface area contributed by atoms with Crippen LogP contribution in [0, 0.1) is 0 Å². The van der Waals surface area contributed by atoms with Crippen LogP contribution >= 0.6 is 15.9 Å².